The molecule has 102 heavy (non-hydrogen) atoms. The minimum absolute atomic E-state index is 0.0125. The van der Waals surface area contributed by atoms with Crippen LogP contribution in [0.2, 0.25) is 0 Å². The lowest BCUT2D eigenvalue weighted by molar-refractivity contribution is -0.125. The molecule has 20 nitrogen and oxygen atoms in total. The summed E-state index contributed by atoms with van der Waals surface area (Å²) in [6, 6.07) is 9.33. The average Bonchev–Trinajstić information content (AvgIpc) is 1.15. The van der Waals surface area contributed by atoms with Gasteiger partial charge < -0.3 is 38.2 Å². The van der Waals surface area contributed by atoms with E-state index in [2.05, 4.69) is 108 Å². The van der Waals surface area contributed by atoms with Crippen LogP contribution in [0.4, 0.5) is 0 Å². The van der Waals surface area contributed by atoms with Crippen LogP contribution < -0.4 is 0 Å². The van der Waals surface area contributed by atoms with Gasteiger partial charge in [0.25, 0.3) is 35.4 Å². The van der Waals surface area contributed by atoms with Crippen LogP contribution in [-0.4, -0.2) is 180 Å². The highest BCUT2D eigenvalue weighted by Crippen LogP contribution is 2.31. The van der Waals surface area contributed by atoms with Crippen molar-refractivity contribution in [2.24, 2.45) is 83.1 Å². The number of piperidine rings is 6. The summed E-state index contributed by atoms with van der Waals surface area (Å²) in [6.07, 6.45) is 19.8. The number of pyridine rings is 1. The minimum atomic E-state index is 0.0125. The molecule has 5 aromatic rings. The maximum absolute atomic E-state index is 12.3. The minimum Gasteiger partial charge on any atom is -0.448 e. The number of aryl methyl sites for hydroxylation is 4. The number of rotatable bonds is 12. The first kappa shape index (κ1) is 82.0. The van der Waals surface area contributed by atoms with E-state index in [0.717, 1.165) is 226 Å². The summed E-state index contributed by atoms with van der Waals surface area (Å²) >= 11 is 1.59. The molecule has 12 heterocycles. The number of carbonyl (C=O) groups is 6. The van der Waals surface area contributed by atoms with Gasteiger partial charge >= 0.3 is 0 Å². The van der Waals surface area contributed by atoms with Crippen molar-refractivity contribution in [2.75, 3.05) is 85.1 Å². The second-order valence-electron chi connectivity index (χ2n) is 31.5. The number of aromatic nitrogens is 5. The van der Waals surface area contributed by atoms with Gasteiger partial charge in [-0.25, -0.2) is 15.0 Å². The van der Waals surface area contributed by atoms with E-state index in [0.29, 0.717) is 58.4 Å². The van der Waals surface area contributed by atoms with Gasteiger partial charge in [-0.2, -0.15) is 16.4 Å². The van der Waals surface area contributed by atoms with Gasteiger partial charge in [0.1, 0.15) is 28.6 Å². The number of hydrogen-bond acceptors (Lipinski definition) is 14. The molecular formula is C81H124N12O8S. The Kier molecular flexibility index (Phi) is 32.2. The van der Waals surface area contributed by atoms with Crippen LogP contribution in [0.3, 0.4) is 0 Å². The van der Waals surface area contributed by atoms with Crippen molar-refractivity contribution in [3.05, 3.63) is 117 Å². The summed E-state index contributed by atoms with van der Waals surface area (Å²) in [5, 5.41) is 7.95. The molecule has 0 N–H and O–H groups in total. The van der Waals surface area contributed by atoms with Crippen molar-refractivity contribution in [3.8, 4) is 0 Å². The van der Waals surface area contributed by atoms with Crippen LogP contribution in [0.1, 0.15) is 237 Å². The summed E-state index contributed by atoms with van der Waals surface area (Å²) in [5.41, 5.74) is 5.80. The molecule has 7 aliphatic heterocycles. The number of amides is 6. The van der Waals surface area contributed by atoms with E-state index in [1.165, 1.54) is 18.4 Å². The molecule has 0 spiro atoms. The molecule has 7 aliphatic rings. The third-order valence-electron chi connectivity index (χ3n) is 22.5. The Morgan fingerprint density at radius 3 is 1.09 bits per heavy atom. The molecule has 0 bridgehead atoms. The zero-order chi connectivity index (χ0) is 74.3. The van der Waals surface area contributed by atoms with Crippen molar-refractivity contribution >= 4 is 52.5 Å². The van der Waals surface area contributed by atoms with Crippen molar-refractivity contribution in [2.45, 2.75) is 188 Å². The van der Waals surface area contributed by atoms with Crippen LogP contribution in [0.25, 0.3) is 0 Å². The number of likely N-dealkylation sites (tertiary alicyclic amines) is 6. The second-order valence-corrected chi connectivity index (χ2v) is 32.2. The number of nitrogens with zero attached hydrogens (tertiary/aromatic N) is 12. The Hall–Kier alpha value is -7.29. The fraction of sp³-hybridized carbons (Fsp3) is 0.667. The van der Waals surface area contributed by atoms with Crippen LogP contribution in [0.5, 0.6) is 0 Å². The van der Waals surface area contributed by atoms with Gasteiger partial charge in [-0.05, 0) is 217 Å². The molecule has 6 fully saturated rings. The zero-order valence-electron chi connectivity index (χ0n) is 65.0. The molecule has 6 saturated heterocycles. The topological polar surface area (TPSA) is 217 Å². The van der Waals surface area contributed by atoms with E-state index in [4.69, 9.17) is 8.83 Å². The van der Waals surface area contributed by atoms with Crippen LogP contribution in [0, 0.1) is 91.8 Å². The highest BCUT2D eigenvalue weighted by molar-refractivity contribution is 7.08. The smallest absolute Gasteiger partial charge is 0.276 e. The lowest BCUT2D eigenvalue weighted by Gasteiger charge is -2.33. The first-order chi connectivity index (χ1) is 48.6. The summed E-state index contributed by atoms with van der Waals surface area (Å²) in [5.74, 6) is 10.7. The lowest BCUT2D eigenvalue weighted by Crippen LogP contribution is -2.42. The van der Waals surface area contributed by atoms with Crippen LogP contribution in [0.15, 0.2) is 85.6 Å². The predicted octanol–water partition coefficient (Wildman–Crippen LogP) is 15.3. The Morgan fingerprint density at radius 2 is 0.794 bits per heavy atom. The molecule has 0 saturated carbocycles. The van der Waals surface area contributed by atoms with Crippen LogP contribution >= 0.6 is 11.3 Å². The highest BCUT2D eigenvalue weighted by atomic mass is 32.1. The van der Waals surface area contributed by atoms with Gasteiger partial charge in [-0.3, -0.25) is 38.4 Å². The monoisotopic (exact) mass is 1420 g/mol. The molecule has 21 heteroatoms. The van der Waals surface area contributed by atoms with Crippen molar-refractivity contribution in [1.29, 1.82) is 0 Å². The largest absolute Gasteiger partial charge is 0.448 e. The van der Waals surface area contributed by atoms with Gasteiger partial charge in [0.2, 0.25) is 0 Å². The van der Waals surface area contributed by atoms with E-state index in [1.807, 2.05) is 91.4 Å². The van der Waals surface area contributed by atoms with Gasteiger partial charge in [0.15, 0.2) is 24.2 Å². The van der Waals surface area contributed by atoms with Crippen molar-refractivity contribution < 1.29 is 37.6 Å². The van der Waals surface area contributed by atoms with Crippen molar-refractivity contribution in [1.82, 2.24) is 54.1 Å². The number of hydrogen-bond donors (Lipinski definition) is 0. The molecule has 562 valence electrons. The van der Waals surface area contributed by atoms with E-state index < -0.39 is 0 Å². The van der Waals surface area contributed by atoms with E-state index >= 15 is 0 Å². The van der Waals surface area contributed by atoms with Crippen LogP contribution in [-0.2, 0) is 11.8 Å². The lowest BCUT2D eigenvalue weighted by atomic mass is 9.86. The summed E-state index contributed by atoms with van der Waals surface area (Å²) in [4.78, 5) is 101. The number of oxazole rings is 2. The second kappa shape index (κ2) is 40.1. The number of carbonyl (C=O) groups excluding carboxylic acids is 6. The number of aliphatic imine (C=N–C) groups is 1. The summed E-state index contributed by atoms with van der Waals surface area (Å²) < 4.78 is 11.8. The molecule has 12 rings (SSSR count). The standard InChI is InChI=1S/C15H22N2O.C14H22N2O.C13H21N3O.2C13H20N2O2.C13H19NOS/c1-11(2)13-7-9-17(10-8-13)15(18)14-6-4-5-12(3)16-14;1-10(2)12-4-6-16(7-5-12)14(17)13-8-11(3)9-15-13;1-10(2)11-5-8-16(9-6-11)13(17)12-4-7-14-15(12)3;2*1-9(2)11-4-6-15(7-5-11)13(16)12-10(3)17-8-14-12;1-10(2)11-3-6-14(7-4-11)13(15)12-5-8-16-9-12/h4-6,11,13H,7-10H2,1-3H3;8,10,12H,4-7,9H2,1-3H3;4,7,10-11H,5-6,8-9H2,1-3H3;2*8-9,11H,4-7H2,1-3H3;5,8-11H,3-4,6-7H2,1-2H3. The molecular weight excluding hydrogens is 1300 g/mol. The first-order valence-corrected chi connectivity index (χ1v) is 39.3. The Labute approximate surface area is 614 Å². The molecule has 0 radical (unpaired) electrons. The molecule has 0 aliphatic carbocycles. The Balaban J connectivity index is 0.000000172. The fourth-order valence-electron chi connectivity index (χ4n) is 14.9. The van der Waals surface area contributed by atoms with E-state index in [9.17, 15) is 28.8 Å². The first-order valence-electron chi connectivity index (χ1n) is 38.3. The Bertz CT molecular complexity index is 3280. The van der Waals surface area contributed by atoms with E-state index in [-0.39, 0.29) is 35.4 Å². The molecule has 0 atom stereocenters. The van der Waals surface area contributed by atoms with Gasteiger partial charge in [-0.1, -0.05) is 89.2 Å². The third kappa shape index (κ3) is 23.9. The summed E-state index contributed by atoms with van der Waals surface area (Å²) in [6.45, 7) is 45.9. The third-order valence-corrected chi connectivity index (χ3v) is 23.2. The maximum atomic E-state index is 12.3. The fourth-order valence-corrected chi connectivity index (χ4v) is 15.5. The normalized spacial score (nSPS) is 18.4. The van der Waals surface area contributed by atoms with Gasteiger partial charge in [0, 0.05) is 103 Å². The van der Waals surface area contributed by atoms with Gasteiger partial charge in [0.05, 0.1) is 12.1 Å². The molecule has 5 aromatic heterocycles. The molecule has 0 unspecified atom stereocenters. The van der Waals surface area contributed by atoms with Gasteiger partial charge in [-0.15, -0.1) is 0 Å². The molecule has 6 amide bonds. The molecule has 0 aromatic carbocycles. The maximum Gasteiger partial charge on any atom is 0.276 e. The predicted molar refractivity (Wildman–Crippen MR) is 407 cm³/mol. The van der Waals surface area contributed by atoms with Crippen molar-refractivity contribution in [3.63, 3.8) is 0 Å². The number of thiophene rings is 1. The quantitative estimate of drug-likeness (QED) is 0.114. The average molecular weight is 1430 g/mol. The Morgan fingerprint density at radius 1 is 0.441 bits per heavy atom. The summed E-state index contributed by atoms with van der Waals surface area (Å²) in [7, 11) is 1.81. The zero-order valence-corrected chi connectivity index (χ0v) is 65.8. The SMILES string of the molecule is CC(C)C1CCN(C(=O)c2ccnn2C)CC1.CC(C)C1CCN(C(=O)c2ccsc2)CC1.CC1=CC(C(=O)N2CCC(C(C)C)CC2)=NC1.Cc1cccc(C(=O)N2CCC(C(C)C)CC2)n1.Cc1ocnc1C(=O)N1CCC(C(C)C)CC1.Cc1ocnc1C(=O)N1CCC(C(C)C)CC1. The highest BCUT2D eigenvalue weighted by Gasteiger charge is 2.33. The van der Waals surface area contributed by atoms with E-state index in [1.54, 1.807) is 42.1 Å².